The van der Waals surface area contributed by atoms with E-state index in [4.69, 9.17) is 4.74 Å². The smallest absolute Gasteiger partial charge is 0.209 e. The Bertz CT molecular complexity index is 679. The summed E-state index contributed by atoms with van der Waals surface area (Å²) in [5, 5.41) is 0. The summed E-state index contributed by atoms with van der Waals surface area (Å²) in [5.41, 5.74) is 3.04. The minimum Gasteiger partial charge on any atom is -0.497 e. The van der Waals surface area contributed by atoms with Crippen LogP contribution in [-0.2, 0) is 16.6 Å². The van der Waals surface area contributed by atoms with Crippen molar-refractivity contribution in [2.24, 2.45) is 0 Å². The molecule has 0 atom stereocenters. The lowest BCUT2D eigenvalue weighted by Gasteiger charge is -2.07. The van der Waals surface area contributed by atoms with Crippen LogP contribution in [0, 0.1) is 0 Å². The normalized spacial score (nSPS) is 11.3. The number of ether oxygens (including phenoxy) is 1. The maximum Gasteiger partial charge on any atom is 0.209 e. The van der Waals surface area contributed by atoms with Crippen molar-refractivity contribution in [3.8, 4) is 16.9 Å². The first kappa shape index (κ1) is 14.6. The Morgan fingerprint density at radius 2 is 1.75 bits per heavy atom. The van der Waals surface area contributed by atoms with Gasteiger partial charge in [-0.05, 0) is 28.8 Å². The van der Waals surface area contributed by atoms with Crippen LogP contribution in [0.4, 0.5) is 0 Å². The predicted octanol–water partition coefficient (Wildman–Crippen LogP) is 2.41. The fourth-order valence-corrected chi connectivity index (χ4v) is 2.26. The van der Waals surface area contributed by atoms with E-state index in [0.717, 1.165) is 28.7 Å². The van der Waals surface area contributed by atoms with Gasteiger partial charge in [-0.25, -0.2) is 13.1 Å². The van der Waals surface area contributed by atoms with Crippen LogP contribution < -0.4 is 9.46 Å². The van der Waals surface area contributed by atoms with Gasteiger partial charge in [-0.15, -0.1) is 0 Å². The second-order valence-electron chi connectivity index (χ2n) is 4.52. The van der Waals surface area contributed by atoms with Gasteiger partial charge in [0.05, 0.1) is 13.4 Å². The summed E-state index contributed by atoms with van der Waals surface area (Å²) in [6.07, 6.45) is 1.15. The van der Waals surface area contributed by atoms with Gasteiger partial charge in [0.15, 0.2) is 0 Å². The second-order valence-corrected chi connectivity index (χ2v) is 6.36. The monoisotopic (exact) mass is 291 g/mol. The quantitative estimate of drug-likeness (QED) is 0.920. The highest BCUT2D eigenvalue weighted by Gasteiger charge is 2.03. The molecular weight excluding hydrogens is 274 g/mol. The van der Waals surface area contributed by atoms with Gasteiger partial charge in [-0.1, -0.05) is 36.4 Å². The molecule has 0 spiro atoms. The first-order chi connectivity index (χ1) is 9.48. The summed E-state index contributed by atoms with van der Waals surface area (Å²) in [6, 6.07) is 15.6. The van der Waals surface area contributed by atoms with Gasteiger partial charge >= 0.3 is 0 Å². The zero-order chi connectivity index (χ0) is 14.6. The zero-order valence-electron chi connectivity index (χ0n) is 11.5. The van der Waals surface area contributed by atoms with Crippen molar-refractivity contribution in [2.45, 2.75) is 6.54 Å². The summed E-state index contributed by atoms with van der Waals surface area (Å²) in [5.74, 6) is 0.810. The maximum atomic E-state index is 11.0. The first-order valence-electron chi connectivity index (χ1n) is 6.16. The van der Waals surface area contributed by atoms with Gasteiger partial charge in [0.1, 0.15) is 5.75 Å². The molecule has 0 aliphatic heterocycles. The minimum absolute atomic E-state index is 0.303. The summed E-state index contributed by atoms with van der Waals surface area (Å²) in [7, 11) is -1.52. The van der Waals surface area contributed by atoms with Crippen molar-refractivity contribution in [2.75, 3.05) is 13.4 Å². The summed E-state index contributed by atoms with van der Waals surface area (Å²) < 4.78 is 29.7. The summed E-state index contributed by atoms with van der Waals surface area (Å²) >= 11 is 0. The van der Waals surface area contributed by atoms with Gasteiger partial charge in [0.2, 0.25) is 10.0 Å². The molecule has 2 rings (SSSR count). The van der Waals surface area contributed by atoms with E-state index in [0.29, 0.717) is 6.54 Å². The highest BCUT2D eigenvalue weighted by atomic mass is 32.2. The summed E-state index contributed by atoms with van der Waals surface area (Å²) in [4.78, 5) is 0. The van der Waals surface area contributed by atoms with Gasteiger partial charge in [0, 0.05) is 6.54 Å². The van der Waals surface area contributed by atoms with E-state index in [-0.39, 0.29) is 0 Å². The molecule has 0 aliphatic carbocycles. The van der Waals surface area contributed by atoms with Crippen LogP contribution in [0.1, 0.15) is 5.56 Å². The van der Waals surface area contributed by atoms with Crippen LogP contribution in [0.3, 0.4) is 0 Å². The lowest BCUT2D eigenvalue weighted by atomic mass is 10.0. The van der Waals surface area contributed by atoms with E-state index < -0.39 is 10.0 Å². The standard InChI is InChI=1S/C15H17NO3S/c1-19-15-5-3-4-14(10-15)13-8-6-12(7-9-13)11-16-20(2,17)18/h3-10,16H,11H2,1-2H3. The third-order valence-electron chi connectivity index (χ3n) is 2.90. The lowest BCUT2D eigenvalue weighted by Crippen LogP contribution is -2.21. The molecule has 2 aromatic rings. The Kier molecular flexibility index (Phi) is 4.42. The van der Waals surface area contributed by atoms with Crippen molar-refractivity contribution in [3.63, 3.8) is 0 Å². The molecule has 1 N–H and O–H groups in total. The molecule has 5 heteroatoms. The zero-order valence-corrected chi connectivity index (χ0v) is 12.3. The van der Waals surface area contributed by atoms with E-state index in [1.807, 2.05) is 48.5 Å². The Morgan fingerprint density at radius 3 is 2.35 bits per heavy atom. The van der Waals surface area contributed by atoms with E-state index in [1.54, 1.807) is 7.11 Å². The fraction of sp³-hybridized carbons (Fsp3) is 0.200. The molecule has 0 fully saturated rings. The van der Waals surface area contributed by atoms with E-state index in [1.165, 1.54) is 0 Å². The fourth-order valence-electron chi connectivity index (χ4n) is 1.83. The number of hydrogen-bond acceptors (Lipinski definition) is 3. The largest absolute Gasteiger partial charge is 0.497 e. The molecule has 0 bridgehead atoms. The summed E-state index contributed by atoms with van der Waals surface area (Å²) in [6.45, 7) is 0.303. The van der Waals surface area contributed by atoms with Crippen LogP contribution in [-0.4, -0.2) is 21.8 Å². The van der Waals surface area contributed by atoms with Crippen molar-refractivity contribution < 1.29 is 13.2 Å². The molecular formula is C15H17NO3S. The Morgan fingerprint density at radius 1 is 1.05 bits per heavy atom. The molecule has 0 aromatic heterocycles. The van der Waals surface area contributed by atoms with Crippen LogP contribution in [0.25, 0.3) is 11.1 Å². The second kappa shape index (κ2) is 6.07. The number of methoxy groups -OCH3 is 1. The first-order valence-corrected chi connectivity index (χ1v) is 8.05. The molecule has 0 saturated heterocycles. The van der Waals surface area contributed by atoms with Gasteiger partial charge in [-0.2, -0.15) is 0 Å². The Balaban J connectivity index is 2.15. The molecule has 0 amide bonds. The molecule has 2 aromatic carbocycles. The van der Waals surface area contributed by atoms with Crippen LogP contribution >= 0.6 is 0 Å². The maximum absolute atomic E-state index is 11.0. The highest BCUT2D eigenvalue weighted by molar-refractivity contribution is 7.88. The molecule has 20 heavy (non-hydrogen) atoms. The van der Waals surface area contributed by atoms with Crippen molar-refractivity contribution >= 4 is 10.0 Å². The predicted molar refractivity (Wildman–Crippen MR) is 80.1 cm³/mol. The van der Waals surface area contributed by atoms with Crippen molar-refractivity contribution in [1.82, 2.24) is 4.72 Å². The molecule has 0 saturated carbocycles. The SMILES string of the molecule is COc1cccc(-c2ccc(CNS(C)(=O)=O)cc2)c1. The van der Waals surface area contributed by atoms with E-state index >= 15 is 0 Å². The van der Waals surface area contributed by atoms with Gasteiger partial charge < -0.3 is 4.74 Å². The third kappa shape index (κ3) is 4.08. The Hall–Kier alpha value is -1.85. The Labute approximate surface area is 119 Å². The van der Waals surface area contributed by atoms with Gasteiger partial charge in [0.25, 0.3) is 0 Å². The number of rotatable bonds is 5. The topological polar surface area (TPSA) is 55.4 Å². The molecule has 0 aliphatic rings. The molecule has 4 nitrogen and oxygen atoms in total. The van der Waals surface area contributed by atoms with Gasteiger partial charge in [-0.3, -0.25) is 0 Å². The number of nitrogens with one attached hydrogen (secondary N) is 1. The van der Waals surface area contributed by atoms with Crippen molar-refractivity contribution in [1.29, 1.82) is 0 Å². The minimum atomic E-state index is -3.16. The number of hydrogen-bond donors (Lipinski definition) is 1. The molecule has 0 unspecified atom stereocenters. The van der Waals surface area contributed by atoms with Crippen LogP contribution in [0.5, 0.6) is 5.75 Å². The van der Waals surface area contributed by atoms with Crippen LogP contribution in [0.15, 0.2) is 48.5 Å². The third-order valence-corrected chi connectivity index (χ3v) is 3.56. The lowest BCUT2D eigenvalue weighted by molar-refractivity contribution is 0.415. The average Bonchev–Trinajstić information content (AvgIpc) is 2.45. The highest BCUT2D eigenvalue weighted by Crippen LogP contribution is 2.23. The van der Waals surface area contributed by atoms with E-state index in [2.05, 4.69) is 4.72 Å². The molecule has 0 heterocycles. The molecule has 106 valence electrons. The molecule has 0 radical (unpaired) electrons. The van der Waals surface area contributed by atoms with Crippen LogP contribution in [0.2, 0.25) is 0 Å². The van der Waals surface area contributed by atoms with E-state index in [9.17, 15) is 8.42 Å². The van der Waals surface area contributed by atoms with Crippen molar-refractivity contribution in [3.05, 3.63) is 54.1 Å². The average molecular weight is 291 g/mol. The number of benzene rings is 2. The number of sulfonamides is 1.